The predicted molar refractivity (Wildman–Crippen MR) is 61.6 cm³/mol. The van der Waals surface area contributed by atoms with E-state index in [-0.39, 0.29) is 8.07 Å². The molecule has 0 spiro atoms. The molecule has 0 rings (SSSR count). The van der Waals surface area contributed by atoms with Crippen LogP contribution < -0.4 is 4.86 Å². The van der Waals surface area contributed by atoms with E-state index in [1.54, 1.807) is 0 Å². The molecule has 0 aliphatic heterocycles. The Morgan fingerprint density at radius 2 is 1.73 bits per heavy atom. The van der Waals surface area contributed by atoms with Crippen LogP contribution in [0.3, 0.4) is 0 Å². The summed E-state index contributed by atoms with van der Waals surface area (Å²) in [5, 5.41) is 0. The van der Waals surface area contributed by atoms with Gasteiger partial charge in [-0.2, -0.15) is 0 Å². The first-order chi connectivity index (χ1) is 4.67. The topological polar surface area (TPSA) is 24.4 Å². The van der Waals surface area contributed by atoms with Crippen LogP contribution in [0.5, 0.6) is 0 Å². The molecule has 0 heterocycles. The third-order valence-electron chi connectivity index (χ3n) is 0.425. The molecule has 0 saturated heterocycles. The first kappa shape index (κ1) is 13.1. The van der Waals surface area contributed by atoms with Gasteiger partial charge in [0, 0.05) is 0 Å². The number of halogens is 4. The van der Waals surface area contributed by atoms with E-state index in [4.69, 9.17) is 45.0 Å². The van der Waals surface area contributed by atoms with Gasteiger partial charge in [-0.3, -0.25) is 0 Å². The molecular weight excluding hydrogens is 287 g/mol. The van der Waals surface area contributed by atoms with Gasteiger partial charge in [0.2, 0.25) is 0 Å². The molecule has 0 aromatic carbocycles. The van der Waals surface area contributed by atoms with Crippen molar-refractivity contribution in [1.82, 2.24) is 4.86 Å². The van der Waals surface area contributed by atoms with Gasteiger partial charge in [-0.1, -0.05) is 0 Å². The number of nitrogens with zero attached hydrogens (tertiary/aromatic N) is 1. The second-order valence-electron chi connectivity index (χ2n) is 1.87. The molecule has 0 bridgehead atoms. The van der Waals surface area contributed by atoms with Crippen molar-refractivity contribution in [3.63, 3.8) is 0 Å². The van der Waals surface area contributed by atoms with Gasteiger partial charge in [-0.05, 0) is 0 Å². The minimum atomic E-state index is -3.73. The summed E-state index contributed by atoms with van der Waals surface area (Å²) in [4.78, 5) is 2.99. The van der Waals surface area contributed by atoms with Crippen molar-refractivity contribution in [2.24, 2.45) is 4.52 Å². The van der Waals surface area contributed by atoms with Crippen LogP contribution in [0.15, 0.2) is 4.52 Å². The molecule has 0 saturated carbocycles. The Hall–Kier alpha value is 2.08. The second-order valence-corrected chi connectivity index (χ2v) is 17.8. The average molecular weight is 294 g/mol. The molecule has 0 radical (unpaired) electrons. The summed E-state index contributed by atoms with van der Waals surface area (Å²) in [6.45, 7) is 4.05. The van der Waals surface area contributed by atoms with Crippen molar-refractivity contribution in [2.45, 2.75) is 0 Å². The molecule has 0 atom stereocenters. The van der Waals surface area contributed by atoms with Gasteiger partial charge in [0.1, 0.15) is 0 Å². The fourth-order valence-corrected chi connectivity index (χ4v) is 3.17. The molecule has 1 N–H and O–H groups in total. The quantitative estimate of drug-likeness (QED) is 0.696. The second kappa shape index (κ2) is 4.54. The van der Waals surface area contributed by atoms with E-state index >= 15 is 0 Å². The molecule has 68 valence electrons. The van der Waals surface area contributed by atoms with E-state index in [9.17, 15) is 0 Å². The summed E-state index contributed by atoms with van der Waals surface area (Å²) in [7, 11) is 0.289. The molecule has 0 aliphatic carbocycles. The Labute approximate surface area is 88.2 Å². The number of hydrogen-bond acceptors (Lipinski definition) is 1. The number of nitrogens with one attached hydrogen (secondary N) is 1. The molecule has 0 aromatic rings. The minimum absolute atomic E-state index is 0.246. The van der Waals surface area contributed by atoms with Gasteiger partial charge in [-0.15, -0.1) is 0 Å². The van der Waals surface area contributed by atoms with E-state index < -0.39 is 4.16 Å². The van der Waals surface area contributed by atoms with Crippen LogP contribution in [0, 0.1) is 0 Å². The van der Waals surface area contributed by atoms with Crippen LogP contribution >= 0.6 is 65.7 Å². The fraction of sp³-hybridized carbons (Fsp3) is 1.00. The Morgan fingerprint density at radius 3 is 2.00 bits per heavy atom. The van der Waals surface area contributed by atoms with Crippen molar-refractivity contribution >= 4 is 65.7 Å². The Bertz CT molecular complexity index is 153. The van der Waals surface area contributed by atoms with Crippen LogP contribution in [-0.4, -0.2) is 13.3 Å². The number of rotatable bonds is 3. The van der Waals surface area contributed by atoms with Gasteiger partial charge in [0.05, 0.1) is 0 Å². The van der Waals surface area contributed by atoms with E-state index in [0.717, 1.165) is 0 Å². The van der Waals surface area contributed by atoms with Gasteiger partial charge in [0.15, 0.2) is 0 Å². The maximum atomic E-state index is 5.49. The SMILES string of the molecule is CP(C)NP=NP(Cl)(Cl)(Cl)Cl. The van der Waals surface area contributed by atoms with Gasteiger partial charge in [0.25, 0.3) is 0 Å². The van der Waals surface area contributed by atoms with E-state index in [0.29, 0.717) is 8.52 Å². The van der Waals surface area contributed by atoms with E-state index in [1.807, 2.05) is 13.3 Å². The summed E-state index contributed by atoms with van der Waals surface area (Å²) < 4.78 is -0.0288. The molecular formula is C2H7Cl4N2P3. The molecule has 11 heavy (non-hydrogen) atoms. The molecule has 0 fully saturated rings. The summed E-state index contributed by atoms with van der Waals surface area (Å²) in [5.41, 5.74) is 0. The van der Waals surface area contributed by atoms with Crippen molar-refractivity contribution < 1.29 is 0 Å². The molecule has 2 nitrogen and oxygen atoms in total. The van der Waals surface area contributed by atoms with Gasteiger partial charge >= 0.3 is 88.4 Å². The van der Waals surface area contributed by atoms with Crippen molar-refractivity contribution in [3.05, 3.63) is 0 Å². The molecule has 0 amide bonds. The van der Waals surface area contributed by atoms with Crippen molar-refractivity contribution in [3.8, 4) is 0 Å². The van der Waals surface area contributed by atoms with Crippen LogP contribution in [0.4, 0.5) is 0 Å². The Morgan fingerprint density at radius 1 is 1.27 bits per heavy atom. The van der Waals surface area contributed by atoms with Crippen LogP contribution in [0.2, 0.25) is 0 Å². The van der Waals surface area contributed by atoms with Crippen LogP contribution in [-0.2, 0) is 0 Å². The summed E-state index contributed by atoms with van der Waals surface area (Å²) in [6.07, 6.45) is 0. The summed E-state index contributed by atoms with van der Waals surface area (Å²) >= 11 is 22.0. The Kier molecular flexibility index (Phi) is 5.39. The standard InChI is InChI=1S/C2H7Cl4N2P3/c1-10(2)7-9-8-11(3,4,5)6/h1-2H3,(H,7,8). The molecule has 0 aromatic heterocycles. The zero-order valence-electron chi connectivity index (χ0n) is 5.80. The Balaban J connectivity index is 3.95. The third-order valence-corrected chi connectivity index (χ3v) is 6.26. The van der Waals surface area contributed by atoms with Crippen molar-refractivity contribution in [2.75, 3.05) is 13.3 Å². The average Bonchev–Trinajstić information content (AvgIpc) is 1.56. The summed E-state index contributed by atoms with van der Waals surface area (Å²) in [5.74, 6) is 0. The van der Waals surface area contributed by atoms with Gasteiger partial charge in [-0.25, -0.2) is 0 Å². The third kappa shape index (κ3) is 12.1. The maximum absolute atomic E-state index is 5.49. The zero-order valence-corrected chi connectivity index (χ0v) is 11.5. The first-order valence-corrected chi connectivity index (χ1v) is 11.3. The van der Waals surface area contributed by atoms with Crippen LogP contribution in [0.1, 0.15) is 0 Å². The van der Waals surface area contributed by atoms with Gasteiger partial charge < -0.3 is 0 Å². The van der Waals surface area contributed by atoms with Crippen LogP contribution in [0.25, 0.3) is 0 Å². The first-order valence-electron chi connectivity index (χ1n) is 2.42. The van der Waals surface area contributed by atoms with E-state index in [1.165, 1.54) is 0 Å². The fourth-order valence-electron chi connectivity index (χ4n) is 0.177. The molecule has 9 heteroatoms. The monoisotopic (exact) mass is 292 g/mol. The summed E-state index contributed by atoms with van der Waals surface area (Å²) in [6, 6.07) is 0. The van der Waals surface area contributed by atoms with E-state index in [2.05, 4.69) is 9.37 Å². The molecule has 0 unspecified atom stereocenters. The number of hydrogen-bond donors (Lipinski definition) is 1. The predicted octanol–water partition coefficient (Wildman–Crippen LogP) is 5.36. The van der Waals surface area contributed by atoms with Crippen molar-refractivity contribution in [1.29, 1.82) is 0 Å². The normalized spacial score (nSPS) is 17.2. The molecule has 0 aliphatic rings. The zero-order chi connectivity index (χ0) is 9.15.